The second kappa shape index (κ2) is 6.39. The number of hydrogen-bond acceptors (Lipinski definition) is 6. The average molecular weight is 320 g/mol. The van der Waals surface area contributed by atoms with Gasteiger partial charge in [0, 0.05) is 57.0 Å². The van der Waals surface area contributed by atoms with Crippen molar-refractivity contribution in [1.82, 2.24) is 20.2 Å². The molecule has 2 aliphatic rings. The summed E-state index contributed by atoms with van der Waals surface area (Å²) in [5, 5.41) is 2.97. The predicted molar refractivity (Wildman–Crippen MR) is 79.7 cm³/mol. The fraction of sp³-hybridized carbons (Fsp3) is 0.600. The topological polar surface area (TPSA) is 93.7 Å². The third kappa shape index (κ3) is 3.69. The van der Waals surface area contributed by atoms with E-state index in [0.29, 0.717) is 32.4 Å². The molecule has 2 fully saturated rings. The van der Waals surface area contributed by atoms with Gasteiger partial charge in [-0.15, -0.1) is 0 Å². The molecule has 3 heterocycles. The predicted octanol–water partition coefficient (Wildman–Crippen LogP) is 1.12. The molecule has 1 aromatic rings. The first-order chi connectivity index (χ1) is 11.1. The number of nitrogens with zero attached hydrogens (tertiary/aromatic N) is 3. The number of aromatic nitrogens is 2. The van der Waals surface area contributed by atoms with Crippen molar-refractivity contribution in [2.24, 2.45) is 0 Å². The van der Waals surface area contributed by atoms with Crippen molar-refractivity contribution < 1.29 is 19.1 Å². The smallest absolute Gasteiger partial charge is 0.430 e. The lowest BCUT2D eigenvalue weighted by atomic mass is 9.92. The van der Waals surface area contributed by atoms with E-state index in [9.17, 15) is 9.59 Å². The summed E-state index contributed by atoms with van der Waals surface area (Å²) in [6.07, 6.45) is 6.18. The second-order valence-corrected chi connectivity index (χ2v) is 6.06. The molecule has 1 spiro atoms. The van der Waals surface area contributed by atoms with Crippen LogP contribution >= 0.6 is 0 Å². The molecule has 1 N–H and O–H groups in total. The molecule has 1 aromatic heterocycles. The molecular weight excluding hydrogens is 300 g/mol. The van der Waals surface area contributed by atoms with Gasteiger partial charge in [-0.25, -0.2) is 9.59 Å². The molecule has 8 heteroatoms. The van der Waals surface area contributed by atoms with Crippen molar-refractivity contribution in [2.45, 2.75) is 37.8 Å². The van der Waals surface area contributed by atoms with Crippen LogP contribution < -0.4 is 5.32 Å². The zero-order valence-corrected chi connectivity index (χ0v) is 13.0. The van der Waals surface area contributed by atoms with Gasteiger partial charge in [-0.05, 0) is 6.92 Å². The molecule has 0 unspecified atom stereocenters. The van der Waals surface area contributed by atoms with Gasteiger partial charge in [0.15, 0.2) is 5.60 Å². The van der Waals surface area contributed by atoms with Crippen molar-refractivity contribution in [2.75, 3.05) is 19.7 Å². The molecule has 1 atom stereocenters. The van der Waals surface area contributed by atoms with E-state index in [1.165, 1.54) is 0 Å². The van der Waals surface area contributed by atoms with E-state index >= 15 is 0 Å². The minimum Gasteiger partial charge on any atom is -0.430 e. The van der Waals surface area contributed by atoms with Gasteiger partial charge in [-0.1, -0.05) is 0 Å². The van der Waals surface area contributed by atoms with Gasteiger partial charge in [0.25, 0.3) is 0 Å². The van der Waals surface area contributed by atoms with Crippen molar-refractivity contribution in [3.05, 3.63) is 24.3 Å². The normalized spacial score (nSPS) is 20.7. The Morgan fingerprint density at radius 3 is 2.83 bits per heavy atom. The number of nitrogens with one attached hydrogen (secondary N) is 1. The van der Waals surface area contributed by atoms with E-state index < -0.39 is 11.8 Å². The van der Waals surface area contributed by atoms with E-state index in [-0.39, 0.29) is 18.7 Å². The number of urea groups is 1. The first-order valence-corrected chi connectivity index (χ1v) is 7.72. The first kappa shape index (κ1) is 15.5. The number of carbonyl (C=O) groups is 2. The molecule has 0 radical (unpaired) electrons. The molecule has 0 aromatic carbocycles. The standard InChI is InChI=1S/C15H20N4O4/c1-11(8-12-9-16-4-5-17-12)18-13(20)19-6-2-15(3-7-19)10-22-14(21)23-15/h4-5,9,11H,2-3,6-8,10H2,1H3,(H,18,20)/t11-/m0/s1. The van der Waals surface area contributed by atoms with Gasteiger partial charge in [-0.3, -0.25) is 9.97 Å². The summed E-state index contributed by atoms with van der Waals surface area (Å²) in [5.41, 5.74) is 0.298. The van der Waals surface area contributed by atoms with Crippen LogP contribution in [0.2, 0.25) is 0 Å². The van der Waals surface area contributed by atoms with Crippen LogP contribution in [0.15, 0.2) is 18.6 Å². The number of amides is 2. The zero-order valence-electron chi connectivity index (χ0n) is 13.0. The van der Waals surface area contributed by atoms with Crippen LogP contribution in [-0.2, 0) is 15.9 Å². The van der Waals surface area contributed by atoms with Crippen LogP contribution in [0.3, 0.4) is 0 Å². The Labute approximate surface area is 134 Å². The lowest BCUT2D eigenvalue weighted by Gasteiger charge is -2.36. The SMILES string of the molecule is C[C@@H](Cc1cnccn1)NC(=O)N1CCC2(CC1)COC(=O)O2. The summed E-state index contributed by atoms with van der Waals surface area (Å²) < 4.78 is 10.1. The lowest BCUT2D eigenvalue weighted by molar-refractivity contribution is 0.00918. The maximum atomic E-state index is 12.3. The van der Waals surface area contributed by atoms with Crippen molar-refractivity contribution in [3.8, 4) is 0 Å². The molecule has 2 amide bonds. The maximum Gasteiger partial charge on any atom is 0.509 e. The Balaban J connectivity index is 1.47. The molecular formula is C15H20N4O4. The molecule has 124 valence electrons. The Morgan fingerprint density at radius 2 is 2.22 bits per heavy atom. The van der Waals surface area contributed by atoms with Crippen molar-refractivity contribution >= 4 is 12.2 Å². The Morgan fingerprint density at radius 1 is 1.43 bits per heavy atom. The monoisotopic (exact) mass is 320 g/mol. The lowest BCUT2D eigenvalue weighted by Crippen LogP contribution is -2.52. The first-order valence-electron chi connectivity index (χ1n) is 7.72. The molecule has 2 aliphatic heterocycles. The zero-order chi connectivity index (χ0) is 16.3. The van der Waals surface area contributed by atoms with Gasteiger partial charge in [0.1, 0.15) is 6.61 Å². The van der Waals surface area contributed by atoms with Gasteiger partial charge < -0.3 is 19.7 Å². The number of carbonyl (C=O) groups excluding carboxylic acids is 2. The van der Waals surface area contributed by atoms with Crippen LogP contribution in [0.5, 0.6) is 0 Å². The highest BCUT2D eigenvalue weighted by atomic mass is 16.8. The number of ether oxygens (including phenoxy) is 2. The highest BCUT2D eigenvalue weighted by Gasteiger charge is 2.45. The summed E-state index contributed by atoms with van der Waals surface area (Å²) in [4.78, 5) is 33.4. The van der Waals surface area contributed by atoms with Gasteiger partial charge in [-0.2, -0.15) is 0 Å². The van der Waals surface area contributed by atoms with Crippen LogP contribution in [0.4, 0.5) is 9.59 Å². The quantitative estimate of drug-likeness (QED) is 0.839. The largest absolute Gasteiger partial charge is 0.509 e. The van der Waals surface area contributed by atoms with Crippen LogP contribution in [-0.4, -0.2) is 58.4 Å². The third-order valence-corrected chi connectivity index (χ3v) is 4.22. The summed E-state index contributed by atoms with van der Waals surface area (Å²) in [7, 11) is 0. The van der Waals surface area contributed by atoms with E-state index in [0.717, 1.165) is 5.69 Å². The summed E-state index contributed by atoms with van der Waals surface area (Å²) >= 11 is 0. The third-order valence-electron chi connectivity index (χ3n) is 4.22. The van der Waals surface area contributed by atoms with E-state index in [4.69, 9.17) is 9.47 Å². The average Bonchev–Trinajstić information content (AvgIpc) is 2.89. The van der Waals surface area contributed by atoms with Crippen molar-refractivity contribution in [3.63, 3.8) is 0 Å². The Hall–Kier alpha value is -2.38. The Kier molecular flexibility index (Phi) is 4.31. The second-order valence-electron chi connectivity index (χ2n) is 6.06. The number of cyclic esters (lactones) is 1. The van der Waals surface area contributed by atoms with E-state index in [2.05, 4.69) is 15.3 Å². The fourth-order valence-electron chi connectivity index (χ4n) is 2.89. The van der Waals surface area contributed by atoms with Gasteiger partial charge >= 0.3 is 12.2 Å². The number of hydrogen-bond donors (Lipinski definition) is 1. The number of piperidine rings is 1. The molecule has 0 bridgehead atoms. The molecule has 2 saturated heterocycles. The van der Waals surface area contributed by atoms with Crippen LogP contribution in [0.1, 0.15) is 25.5 Å². The molecule has 3 rings (SSSR count). The van der Waals surface area contributed by atoms with Gasteiger partial charge in [0.2, 0.25) is 0 Å². The minimum atomic E-state index is -0.611. The summed E-state index contributed by atoms with van der Waals surface area (Å²) in [6.45, 7) is 3.30. The number of rotatable bonds is 3. The Bertz CT molecular complexity index is 572. The molecule has 0 saturated carbocycles. The van der Waals surface area contributed by atoms with Crippen LogP contribution in [0.25, 0.3) is 0 Å². The highest BCUT2D eigenvalue weighted by molar-refractivity contribution is 5.74. The van der Waals surface area contributed by atoms with E-state index in [1.807, 2.05) is 6.92 Å². The van der Waals surface area contributed by atoms with Gasteiger partial charge in [0.05, 0.1) is 5.69 Å². The van der Waals surface area contributed by atoms with Crippen molar-refractivity contribution in [1.29, 1.82) is 0 Å². The van der Waals surface area contributed by atoms with Crippen LogP contribution in [0, 0.1) is 0 Å². The number of likely N-dealkylation sites (tertiary alicyclic amines) is 1. The minimum absolute atomic E-state index is 0.0391. The highest BCUT2D eigenvalue weighted by Crippen LogP contribution is 2.31. The summed E-state index contributed by atoms with van der Waals surface area (Å²) in [5.74, 6) is 0. The maximum absolute atomic E-state index is 12.3. The molecule has 0 aliphatic carbocycles. The molecule has 23 heavy (non-hydrogen) atoms. The molecule has 8 nitrogen and oxygen atoms in total. The summed E-state index contributed by atoms with van der Waals surface area (Å²) in [6, 6.07) is -0.149. The fourth-order valence-corrected chi connectivity index (χ4v) is 2.89. The van der Waals surface area contributed by atoms with E-state index in [1.54, 1.807) is 23.5 Å².